The summed E-state index contributed by atoms with van der Waals surface area (Å²) in [4.78, 5) is 15.9. The van der Waals surface area contributed by atoms with E-state index in [1.165, 1.54) is 0 Å². The molecular formula is C20H21NO3S. The minimum atomic E-state index is 0.139. The summed E-state index contributed by atoms with van der Waals surface area (Å²) in [6, 6.07) is 16.3. The molecule has 0 spiro atoms. The molecule has 4 nitrogen and oxygen atoms in total. The molecule has 2 aliphatic heterocycles. The second-order valence-electron chi connectivity index (χ2n) is 6.25. The summed E-state index contributed by atoms with van der Waals surface area (Å²) in [6.07, 6.45) is 2.04. The normalized spacial score (nSPS) is 19.0. The number of rotatable bonds is 4. The van der Waals surface area contributed by atoms with Crippen LogP contribution in [0.5, 0.6) is 11.5 Å². The van der Waals surface area contributed by atoms with Crippen molar-refractivity contribution in [1.29, 1.82) is 0 Å². The number of thioether (sulfide) groups is 1. The minimum absolute atomic E-state index is 0.139. The van der Waals surface area contributed by atoms with E-state index in [0.717, 1.165) is 41.3 Å². The van der Waals surface area contributed by atoms with E-state index in [1.807, 2.05) is 47.4 Å². The molecular weight excluding hydrogens is 334 g/mol. The highest BCUT2D eigenvalue weighted by Crippen LogP contribution is 2.38. The molecule has 0 radical (unpaired) electrons. The van der Waals surface area contributed by atoms with Crippen LogP contribution in [0.4, 0.5) is 0 Å². The number of hydrogen-bond donors (Lipinski definition) is 0. The van der Waals surface area contributed by atoms with Crippen LogP contribution in [0.15, 0.2) is 53.4 Å². The molecule has 0 N–H and O–H groups in total. The second kappa shape index (κ2) is 7.40. The van der Waals surface area contributed by atoms with Gasteiger partial charge in [0, 0.05) is 11.4 Å². The number of fused-ring (bicyclic) bond motifs is 1. The number of ether oxygens (including phenoxy) is 2. The van der Waals surface area contributed by atoms with Crippen LogP contribution >= 0.6 is 11.8 Å². The van der Waals surface area contributed by atoms with E-state index >= 15 is 0 Å². The summed E-state index contributed by atoms with van der Waals surface area (Å²) in [7, 11) is 0. The van der Waals surface area contributed by atoms with Crippen molar-refractivity contribution in [2.75, 3.05) is 25.5 Å². The van der Waals surface area contributed by atoms with Gasteiger partial charge < -0.3 is 14.4 Å². The summed E-state index contributed by atoms with van der Waals surface area (Å²) < 4.78 is 11.3. The molecule has 0 aliphatic carbocycles. The van der Waals surface area contributed by atoms with E-state index in [2.05, 4.69) is 6.07 Å². The molecule has 1 unspecified atom stereocenters. The van der Waals surface area contributed by atoms with Gasteiger partial charge in [-0.2, -0.15) is 0 Å². The predicted molar refractivity (Wildman–Crippen MR) is 98.3 cm³/mol. The third-order valence-corrected chi connectivity index (χ3v) is 5.63. The summed E-state index contributed by atoms with van der Waals surface area (Å²) in [5.41, 5.74) is 1.14. The quantitative estimate of drug-likeness (QED) is 0.780. The topological polar surface area (TPSA) is 38.8 Å². The Hall–Kier alpha value is -2.14. The zero-order chi connectivity index (χ0) is 17.1. The van der Waals surface area contributed by atoms with Crippen molar-refractivity contribution in [3.8, 4) is 11.5 Å². The van der Waals surface area contributed by atoms with E-state index in [-0.39, 0.29) is 11.9 Å². The first-order valence-corrected chi connectivity index (χ1v) is 9.67. The number of amides is 1. The van der Waals surface area contributed by atoms with E-state index in [4.69, 9.17) is 9.47 Å². The number of likely N-dealkylation sites (tertiary alicyclic amines) is 1. The molecule has 0 bridgehead atoms. The Balaban J connectivity index is 1.45. The Morgan fingerprint density at radius 2 is 1.88 bits per heavy atom. The average Bonchev–Trinajstić information content (AvgIpc) is 3.16. The maximum atomic E-state index is 12.7. The highest BCUT2D eigenvalue weighted by Gasteiger charge is 2.30. The van der Waals surface area contributed by atoms with Crippen molar-refractivity contribution in [2.24, 2.45) is 0 Å². The van der Waals surface area contributed by atoms with Gasteiger partial charge in [0.1, 0.15) is 13.2 Å². The molecule has 25 heavy (non-hydrogen) atoms. The minimum Gasteiger partial charge on any atom is -0.486 e. The molecule has 4 rings (SSSR count). The van der Waals surface area contributed by atoms with E-state index in [9.17, 15) is 4.79 Å². The molecule has 0 saturated carbocycles. The van der Waals surface area contributed by atoms with Gasteiger partial charge in [0.2, 0.25) is 5.91 Å². The molecule has 2 heterocycles. The molecule has 0 aromatic heterocycles. The number of carbonyl (C=O) groups is 1. The molecule has 5 heteroatoms. The van der Waals surface area contributed by atoms with Crippen LogP contribution in [0.3, 0.4) is 0 Å². The fourth-order valence-corrected chi connectivity index (χ4v) is 4.23. The van der Waals surface area contributed by atoms with Crippen LogP contribution in [0.1, 0.15) is 24.4 Å². The predicted octanol–water partition coefficient (Wildman–Crippen LogP) is 3.91. The van der Waals surface area contributed by atoms with E-state index < -0.39 is 0 Å². The van der Waals surface area contributed by atoms with Crippen molar-refractivity contribution < 1.29 is 14.3 Å². The highest BCUT2D eigenvalue weighted by atomic mass is 32.2. The van der Waals surface area contributed by atoms with Gasteiger partial charge in [0.15, 0.2) is 11.5 Å². The summed E-state index contributed by atoms with van der Waals surface area (Å²) >= 11 is 1.60. The first-order chi connectivity index (χ1) is 12.3. The number of nitrogens with zero attached hydrogens (tertiary/aromatic N) is 1. The lowest BCUT2D eigenvalue weighted by Gasteiger charge is -2.26. The lowest BCUT2D eigenvalue weighted by molar-refractivity contribution is -0.129. The Morgan fingerprint density at radius 1 is 1.08 bits per heavy atom. The van der Waals surface area contributed by atoms with Gasteiger partial charge in [0.05, 0.1) is 11.8 Å². The lowest BCUT2D eigenvalue weighted by Crippen LogP contribution is -2.32. The van der Waals surface area contributed by atoms with Gasteiger partial charge in [-0.1, -0.05) is 24.3 Å². The summed E-state index contributed by atoms with van der Waals surface area (Å²) in [5.74, 6) is 2.27. The van der Waals surface area contributed by atoms with Gasteiger partial charge in [0.25, 0.3) is 0 Å². The fraction of sp³-hybridized carbons (Fsp3) is 0.350. The van der Waals surface area contributed by atoms with Crippen LogP contribution in [0.2, 0.25) is 0 Å². The molecule has 1 saturated heterocycles. The van der Waals surface area contributed by atoms with Crippen molar-refractivity contribution in [3.05, 3.63) is 54.1 Å². The van der Waals surface area contributed by atoms with Crippen LogP contribution in [0, 0.1) is 0 Å². The van der Waals surface area contributed by atoms with Crippen LogP contribution in [0.25, 0.3) is 0 Å². The van der Waals surface area contributed by atoms with E-state index in [0.29, 0.717) is 19.0 Å². The van der Waals surface area contributed by atoms with Crippen LogP contribution in [-0.2, 0) is 4.79 Å². The number of carbonyl (C=O) groups excluding carboxylic acids is 1. The third kappa shape index (κ3) is 3.61. The fourth-order valence-electron chi connectivity index (χ4n) is 3.42. The molecule has 2 aliphatic rings. The van der Waals surface area contributed by atoms with Gasteiger partial charge in [-0.25, -0.2) is 0 Å². The molecule has 2 aromatic carbocycles. The van der Waals surface area contributed by atoms with Crippen molar-refractivity contribution in [3.63, 3.8) is 0 Å². The Labute approximate surface area is 152 Å². The lowest BCUT2D eigenvalue weighted by atomic mass is 10.0. The third-order valence-electron chi connectivity index (χ3n) is 4.63. The first kappa shape index (κ1) is 16.3. The maximum Gasteiger partial charge on any atom is 0.233 e. The van der Waals surface area contributed by atoms with Crippen LogP contribution in [-0.4, -0.2) is 36.3 Å². The maximum absolute atomic E-state index is 12.7. The Bertz CT molecular complexity index is 750. The first-order valence-electron chi connectivity index (χ1n) is 8.68. The molecule has 130 valence electrons. The van der Waals surface area contributed by atoms with Crippen molar-refractivity contribution >= 4 is 17.7 Å². The largest absolute Gasteiger partial charge is 0.486 e. The Morgan fingerprint density at radius 3 is 2.72 bits per heavy atom. The summed E-state index contributed by atoms with van der Waals surface area (Å²) in [5, 5.41) is 0. The standard InChI is InChI=1S/C20H21NO3S/c22-20(14-25-16-5-2-1-3-6-16)21-10-4-7-17(21)15-8-9-18-19(13-15)24-12-11-23-18/h1-3,5-6,8-9,13,17H,4,7,10-12,14H2. The van der Waals surface area contributed by atoms with Crippen LogP contribution < -0.4 is 9.47 Å². The molecule has 1 atom stereocenters. The monoisotopic (exact) mass is 355 g/mol. The van der Waals surface area contributed by atoms with Crippen molar-refractivity contribution in [2.45, 2.75) is 23.8 Å². The van der Waals surface area contributed by atoms with Gasteiger partial charge in [-0.3, -0.25) is 4.79 Å². The smallest absolute Gasteiger partial charge is 0.233 e. The van der Waals surface area contributed by atoms with Gasteiger partial charge in [-0.05, 0) is 42.7 Å². The average molecular weight is 355 g/mol. The number of benzene rings is 2. The number of hydrogen-bond acceptors (Lipinski definition) is 4. The van der Waals surface area contributed by atoms with Gasteiger partial charge in [-0.15, -0.1) is 11.8 Å². The molecule has 2 aromatic rings. The zero-order valence-electron chi connectivity index (χ0n) is 14.0. The Kier molecular flexibility index (Phi) is 4.83. The molecule has 1 fully saturated rings. The van der Waals surface area contributed by atoms with Crippen molar-refractivity contribution in [1.82, 2.24) is 4.90 Å². The summed E-state index contributed by atoms with van der Waals surface area (Å²) in [6.45, 7) is 2.00. The SMILES string of the molecule is O=C(CSc1ccccc1)N1CCCC1c1ccc2c(c1)OCCO2. The highest BCUT2D eigenvalue weighted by molar-refractivity contribution is 8.00. The van der Waals surface area contributed by atoms with E-state index in [1.54, 1.807) is 11.8 Å². The second-order valence-corrected chi connectivity index (χ2v) is 7.30. The van der Waals surface area contributed by atoms with Gasteiger partial charge >= 0.3 is 0 Å². The molecule has 1 amide bonds. The zero-order valence-corrected chi connectivity index (χ0v) is 14.8.